The Morgan fingerprint density at radius 2 is 1.83 bits per heavy atom. The lowest BCUT2D eigenvalue weighted by atomic mass is 9.93. The SMILES string of the molecule is CCCCOc1ccc(C2/C(=C(\O)c3ccc(OC(C)C)cc3C)C(=O)C(=O)N2CCN2CCOCC2)cc1OC. The number of likely N-dealkylation sites (tertiary alicyclic amines) is 1. The number of amides is 1. The molecule has 0 saturated carbocycles. The number of aliphatic hydroxyl groups excluding tert-OH is 1. The number of hydrogen-bond acceptors (Lipinski definition) is 8. The Kier molecular flexibility index (Phi) is 10.3. The van der Waals surface area contributed by atoms with E-state index in [0.29, 0.717) is 61.3 Å². The third-order valence-corrected chi connectivity index (χ3v) is 7.38. The number of hydrogen-bond donors (Lipinski definition) is 1. The Balaban J connectivity index is 1.76. The largest absolute Gasteiger partial charge is 0.507 e. The number of aliphatic hydroxyl groups is 1. The summed E-state index contributed by atoms with van der Waals surface area (Å²) in [6.45, 7) is 12.1. The minimum atomic E-state index is -0.791. The van der Waals surface area contributed by atoms with Crippen molar-refractivity contribution in [1.29, 1.82) is 0 Å². The summed E-state index contributed by atoms with van der Waals surface area (Å²) in [7, 11) is 1.56. The van der Waals surface area contributed by atoms with Crippen LogP contribution in [0.25, 0.3) is 5.76 Å². The Bertz CT molecular complexity index is 1270. The molecular weight excluding hydrogens is 524 g/mol. The molecule has 4 rings (SSSR count). The Morgan fingerprint density at radius 3 is 2.49 bits per heavy atom. The van der Waals surface area contributed by atoms with Gasteiger partial charge in [0.05, 0.1) is 44.6 Å². The minimum absolute atomic E-state index is 0.00505. The highest BCUT2D eigenvalue weighted by Gasteiger charge is 2.46. The van der Waals surface area contributed by atoms with Gasteiger partial charge in [-0.3, -0.25) is 14.5 Å². The van der Waals surface area contributed by atoms with E-state index in [2.05, 4.69) is 11.8 Å². The molecule has 0 bridgehead atoms. The van der Waals surface area contributed by atoms with Crippen LogP contribution in [-0.2, 0) is 14.3 Å². The van der Waals surface area contributed by atoms with Gasteiger partial charge in [-0.2, -0.15) is 0 Å². The van der Waals surface area contributed by atoms with Crippen molar-refractivity contribution in [3.63, 3.8) is 0 Å². The number of ketones is 1. The molecule has 2 fully saturated rings. The molecule has 41 heavy (non-hydrogen) atoms. The summed E-state index contributed by atoms with van der Waals surface area (Å²) in [5.41, 5.74) is 1.92. The van der Waals surface area contributed by atoms with E-state index in [1.807, 2.05) is 32.9 Å². The maximum atomic E-state index is 13.6. The molecule has 9 heteroatoms. The van der Waals surface area contributed by atoms with Crippen molar-refractivity contribution in [2.75, 3.05) is 53.1 Å². The number of methoxy groups -OCH3 is 1. The van der Waals surface area contributed by atoms with Gasteiger partial charge in [-0.25, -0.2) is 0 Å². The van der Waals surface area contributed by atoms with Crippen LogP contribution >= 0.6 is 0 Å². The summed E-state index contributed by atoms with van der Waals surface area (Å²) < 4.78 is 22.8. The molecule has 0 radical (unpaired) electrons. The number of carbonyl (C=O) groups excluding carboxylic acids is 2. The van der Waals surface area contributed by atoms with Crippen LogP contribution in [0.5, 0.6) is 17.2 Å². The van der Waals surface area contributed by atoms with Crippen molar-refractivity contribution < 1.29 is 33.6 Å². The molecule has 0 aliphatic carbocycles. The maximum absolute atomic E-state index is 13.6. The topological polar surface area (TPSA) is 97.8 Å². The van der Waals surface area contributed by atoms with E-state index in [0.717, 1.165) is 31.5 Å². The van der Waals surface area contributed by atoms with Crippen molar-refractivity contribution in [3.05, 3.63) is 58.7 Å². The van der Waals surface area contributed by atoms with E-state index in [9.17, 15) is 14.7 Å². The molecular formula is C32H42N2O7. The van der Waals surface area contributed by atoms with Crippen molar-refractivity contribution in [2.45, 2.75) is 52.7 Å². The van der Waals surface area contributed by atoms with Crippen molar-refractivity contribution in [3.8, 4) is 17.2 Å². The summed E-state index contributed by atoms with van der Waals surface area (Å²) >= 11 is 0. The number of Topliss-reactive ketones (excluding diaryl/α,β-unsaturated/α-hetero) is 1. The standard InChI is InChI=1S/C32H42N2O7/c1-6-7-16-40-26-11-8-23(20-27(26)38-5)29-28(30(35)25-10-9-24(19-22(25)4)41-21(2)3)31(36)32(37)34(29)13-12-33-14-17-39-18-15-33/h8-11,19-21,29,35H,6-7,12-18H2,1-5H3/b30-28+. The van der Waals surface area contributed by atoms with E-state index in [1.54, 1.807) is 36.3 Å². The summed E-state index contributed by atoms with van der Waals surface area (Å²) in [6, 6.07) is 9.95. The second-order valence-electron chi connectivity index (χ2n) is 10.7. The summed E-state index contributed by atoms with van der Waals surface area (Å²) in [6.07, 6.45) is 1.91. The molecule has 2 aromatic rings. The van der Waals surface area contributed by atoms with E-state index in [-0.39, 0.29) is 17.4 Å². The fraction of sp³-hybridized carbons (Fsp3) is 0.500. The quantitative estimate of drug-likeness (QED) is 0.171. The van der Waals surface area contributed by atoms with Crippen LogP contribution in [0.1, 0.15) is 56.3 Å². The lowest BCUT2D eigenvalue weighted by Gasteiger charge is -2.31. The van der Waals surface area contributed by atoms with Gasteiger partial charge in [-0.1, -0.05) is 19.4 Å². The van der Waals surface area contributed by atoms with Crippen LogP contribution in [-0.4, -0.2) is 85.8 Å². The van der Waals surface area contributed by atoms with Crippen molar-refractivity contribution in [2.24, 2.45) is 0 Å². The van der Waals surface area contributed by atoms with Gasteiger partial charge in [0.15, 0.2) is 11.5 Å². The predicted molar refractivity (Wildman–Crippen MR) is 157 cm³/mol. The lowest BCUT2D eigenvalue weighted by molar-refractivity contribution is -0.140. The van der Waals surface area contributed by atoms with Gasteiger partial charge in [0.2, 0.25) is 0 Å². The minimum Gasteiger partial charge on any atom is -0.507 e. The van der Waals surface area contributed by atoms with Gasteiger partial charge in [0.1, 0.15) is 11.5 Å². The first-order valence-electron chi connectivity index (χ1n) is 14.4. The van der Waals surface area contributed by atoms with Crippen LogP contribution in [0.2, 0.25) is 0 Å². The Hall–Kier alpha value is -3.56. The molecule has 2 saturated heterocycles. The number of ether oxygens (including phenoxy) is 4. The molecule has 0 spiro atoms. The van der Waals surface area contributed by atoms with Crippen LogP contribution < -0.4 is 14.2 Å². The normalized spacial score (nSPS) is 19.2. The molecule has 2 heterocycles. The van der Waals surface area contributed by atoms with Crippen LogP contribution in [0.4, 0.5) is 0 Å². The molecule has 2 aromatic carbocycles. The van der Waals surface area contributed by atoms with Crippen molar-refractivity contribution in [1.82, 2.24) is 9.80 Å². The first-order chi connectivity index (χ1) is 19.7. The Labute approximate surface area is 242 Å². The molecule has 222 valence electrons. The van der Waals surface area contributed by atoms with E-state index < -0.39 is 17.7 Å². The summed E-state index contributed by atoms with van der Waals surface area (Å²) in [5.74, 6) is 0.205. The molecule has 0 aromatic heterocycles. The molecule has 1 N–H and O–H groups in total. The smallest absolute Gasteiger partial charge is 0.295 e. The number of rotatable bonds is 12. The van der Waals surface area contributed by atoms with Crippen LogP contribution in [0.15, 0.2) is 42.0 Å². The molecule has 1 amide bonds. The third-order valence-electron chi connectivity index (χ3n) is 7.38. The van der Waals surface area contributed by atoms with Gasteiger partial charge < -0.3 is 29.0 Å². The first-order valence-corrected chi connectivity index (χ1v) is 14.4. The van der Waals surface area contributed by atoms with Gasteiger partial charge in [-0.15, -0.1) is 0 Å². The second-order valence-corrected chi connectivity index (χ2v) is 10.7. The summed E-state index contributed by atoms with van der Waals surface area (Å²) in [5, 5.41) is 11.6. The Morgan fingerprint density at radius 1 is 1.07 bits per heavy atom. The van der Waals surface area contributed by atoms with E-state index >= 15 is 0 Å². The fourth-order valence-electron chi connectivity index (χ4n) is 5.22. The second kappa shape index (κ2) is 13.9. The van der Waals surface area contributed by atoms with Gasteiger partial charge >= 0.3 is 0 Å². The highest BCUT2D eigenvalue weighted by atomic mass is 16.5. The number of morpholine rings is 1. The first kappa shape index (κ1) is 30.4. The number of aryl methyl sites for hydroxylation is 1. The van der Waals surface area contributed by atoms with Crippen molar-refractivity contribution >= 4 is 17.4 Å². The molecule has 2 aliphatic heterocycles. The monoisotopic (exact) mass is 566 g/mol. The van der Waals surface area contributed by atoms with E-state index in [4.69, 9.17) is 18.9 Å². The number of benzene rings is 2. The number of carbonyl (C=O) groups is 2. The average Bonchev–Trinajstić information content (AvgIpc) is 3.21. The molecule has 1 atom stereocenters. The predicted octanol–water partition coefficient (Wildman–Crippen LogP) is 4.72. The van der Waals surface area contributed by atoms with Gasteiger partial charge in [-0.05, 0) is 68.7 Å². The highest BCUT2D eigenvalue weighted by Crippen LogP contribution is 2.42. The fourth-order valence-corrected chi connectivity index (χ4v) is 5.22. The number of unbranched alkanes of at least 4 members (excludes halogenated alkanes) is 1. The molecule has 1 unspecified atom stereocenters. The molecule has 2 aliphatic rings. The van der Waals surface area contributed by atoms with Gasteiger partial charge in [0, 0.05) is 31.7 Å². The zero-order valence-electron chi connectivity index (χ0n) is 24.8. The molecule has 9 nitrogen and oxygen atoms in total. The van der Waals surface area contributed by atoms with E-state index in [1.165, 1.54) is 0 Å². The summed E-state index contributed by atoms with van der Waals surface area (Å²) in [4.78, 5) is 30.8. The number of nitrogens with zero attached hydrogens (tertiary/aromatic N) is 2. The zero-order chi connectivity index (χ0) is 29.5. The van der Waals surface area contributed by atoms with Gasteiger partial charge in [0.25, 0.3) is 11.7 Å². The third kappa shape index (κ3) is 7.02. The highest BCUT2D eigenvalue weighted by molar-refractivity contribution is 6.46. The van der Waals surface area contributed by atoms with Crippen LogP contribution in [0.3, 0.4) is 0 Å². The average molecular weight is 567 g/mol. The lowest BCUT2D eigenvalue weighted by Crippen LogP contribution is -2.42. The maximum Gasteiger partial charge on any atom is 0.295 e. The van der Waals surface area contributed by atoms with Crippen LogP contribution in [0, 0.1) is 6.92 Å². The zero-order valence-corrected chi connectivity index (χ0v) is 24.8.